The Hall–Kier alpha value is -0.730. The van der Waals surface area contributed by atoms with E-state index in [1.54, 1.807) is 0 Å². The van der Waals surface area contributed by atoms with Gasteiger partial charge in [0.1, 0.15) is 12.5 Å². The minimum absolute atomic E-state index is 0.460. The highest BCUT2D eigenvalue weighted by molar-refractivity contribution is 5.56. The van der Waals surface area contributed by atoms with Crippen LogP contribution >= 0.6 is 0 Å². The first-order valence-corrected chi connectivity index (χ1v) is 5.86. The summed E-state index contributed by atoms with van der Waals surface area (Å²) in [5.41, 5.74) is 0. The molecule has 0 aromatic heterocycles. The van der Waals surface area contributed by atoms with Gasteiger partial charge in [-0.25, -0.2) is 0 Å². The smallest absolute Gasteiger partial charge is 0.116 e. The number of rotatable bonds is 6. The fourth-order valence-electron chi connectivity index (χ4n) is 1.79. The molecule has 1 aliphatic heterocycles. The molecule has 1 aliphatic rings. The molecule has 0 saturated heterocycles. The van der Waals surface area contributed by atoms with Gasteiger partial charge in [0.25, 0.3) is 0 Å². The largest absolute Gasteiger partial charge is 0.340 e. The Morgan fingerprint density at radius 1 is 1.21 bits per heavy atom. The average Bonchev–Trinajstić information content (AvgIpc) is 2.55. The van der Waals surface area contributed by atoms with E-state index in [9.17, 15) is 0 Å². The number of unbranched alkanes of at least 4 members (excludes halogenated alkanes) is 3. The molecule has 3 heteroatoms. The highest BCUT2D eigenvalue weighted by atomic mass is 15.6. The first-order chi connectivity index (χ1) is 6.79. The van der Waals surface area contributed by atoms with Crippen molar-refractivity contribution in [2.75, 3.05) is 13.1 Å². The van der Waals surface area contributed by atoms with E-state index in [1.807, 2.05) is 6.34 Å². The van der Waals surface area contributed by atoms with Crippen molar-refractivity contribution >= 4 is 6.34 Å². The lowest BCUT2D eigenvalue weighted by atomic mass is 10.2. The fraction of sp³-hybridized carbons (Fsp3) is 0.909. The molecule has 3 nitrogen and oxygen atoms in total. The molecule has 0 fully saturated rings. The summed E-state index contributed by atoms with van der Waals surface area (Å²) in [6.45, 7) is 8.79. The van der Waals surface area contributed by atoms with E-state index in [0.717, 1.165) is 13.1 Å². The lowest BCUT2D eigenvalue weighted by molar-refractivity contribution is 0.148. The lowest BCUT2D eigenvalue weighted by Crippen LogP contribution is -2.37. The van der Waals surface area contributed by atoms with Crippen LogP contribution in [0.1, 0.15) is 46.5 Å². The number of hydrazone groups is 1. The summed E-state index contributed by atoms with van der Waals surface area (Å²) in [7, 11) is 0. The molecule has 1 heterocycles. The Bertz CT molecular complexity index is 179. The summed E-state index contributed by atoms with van der Waals surface area (Å²) in [4.78, 5) is 2.26. The van der Waals surface area contributed by atoms with Crippen molar-refractivity contribution < 1.29 is 0 Å². The van der Waals surface area contributed by atoms with Crippen molar-refractivity contribution in [3.05, 3.63) is 0 Å². The average molecular weight is 197 g/mol. The Labute approximate surface area is 87.8 Å². The molecule has 82 valence electrons. The minimum Gasteiger partial charge on any atom is -0.340 e. The maximum absolute atomic E-state index is 4.40. The van der Waals surface area contributed by atoms with E-state index < -0.39 is 0 Å². The summed E-state index contributed by atoms with van der Waals surface area (Å²) in [6, 6.07) is 0. The highest BCUT2D eigenvalue weighted by Crippen LogP contribution is 2.12. The zero-order valence-corrected chi connectivity index (χ0v) is 9.74. The van der Waals surface area contributed by atoms with Crippen molar-refractivity contribution in [1.82, 2.24) is 9.91 Å². The van der Waals surface area contributed by atoms with Gasteiger partial charge in [-0.15, -0.1) is 0 Å². The van der Waals surface area contributed by atoms with Gasteiger partial charge in [0.05, 0.1) is 0 Å². The van der Waals surface area contributed by atoms with E-state index in [0.29, 0.717) is 6.17 Å². The minimum atomic E-state index is 0.460. The maximum Gasteiger partial charge on any atom is 0.116 e. The zero-order chi connectivity index (χ0) is 10.4. The summed E-state index contributed by atoms with van der Waals surface area (Å²) in [5, 5.41) is 6.59. The van der Waals surface area contributed by atoms with Crippen molar-refractivity contribution in [3.8, 4) is 0 Å². The first kappa shape index (κ1) is 11.3. The molecule has 1 unspecified atom stereocenters. The van der Waals surface area contributed by atoms with Gasteiger partial charge in [-0.2, -0.15) is 5.10 Å². The third-order valence-corrected chi connectivity index (χ3v) is 2.87. The van der Waals surface area contributed by atoms with Crippen molar-refractivity contribution in [2.45, 2.75) is 52.6 Å². The summed E-state index contributed by atoms with van der Waals surface area (Å²) < 4.78 is 0. The standard InChI is InChI=1S/C11H23N3/c1-4-6-7-8-9-14-11(3)13(5-2)10-12-14/h10-11H,4-9H2,1-3H3. The van der Waals surface area contributed by atoms with Gasteiger partial charge in [0.15, 0.2) is 0 Å². The number of nitrogens with zero attached hydrogens (tertiary/aromatic N) is 3. The van der Waals surface area contributed by atoms with Crippen LogP contribution in [-0.4, -0.2) is 35.5 Å². The van der Waals surface area contributed by atoms with Crippen LogP contribution in [0.3, 0.4) is 0 Å². The van der Waals surface area contributed by atoms with Gasteiger partial charge in [-0.05, 0) is 20.3 Å². The van der Waals surface area contributed by atoms with E-state index in [-0.39, 0.29) is 0 Å². The van der Waals surface area contributed by atoms with Crippen LogP contribution in [0.2, 0.25) is 0 Å². The Morgan fingerprint density at radius 3 is 2.57 bits per heavy atom. The molecule has 0 amide bonds. The predicted octanol–water partition coefficient (Wildman–Crippen LogP) is 2.49. The van der Waals surface area contributed by atoms with Crippen molar-refractivity contribution in [1.29, 1.82) is 0 Å². The summed E-state index contributed by atoms with van der Waals surface area (Å²) in [6.07, 6.45) is 7.68. The monoisotopic (exact) mass is 197 g/mol. The number of hydrogen-bond acceptors (Lipinski definition) is 3. The predicted molar refractivity (Wildman–Crippen MR) is 61.2 cm³/mol. The van der Waals surface area contributed by atoms with Crippen LogP contribution in [-0.2, 0) is 0 Å². The van der Waals surface area contributed by atoms with Crippen molar-refractivity contribution in [2.24, 2.45) is 5.10 Å². The molecular formula is C11H23N3. The third-order valence-electron chi connectivity index (χ3n) is 2.87. The van der Waals surface area contributed by atoms with Crippen LogP contribution in [0.25, 0.3) is 0 Å². The summed E-state index contributed by atoms with van der Waals surface area (Å²) >= 11 is 0. The highest BCUT2D eigenvalue weighted by Gasteiger charge is 2.20. The Morgan fingerprint density at radius 2 is 2.00 bits per heavy atom. The topological polar surface area (TPSA) is 18.8 Å². The van der Waals surface area contributed by atoms with Crippen LogP contribution in [0.4, 0.5) is 0 Å². The molecule has 0 saturated carbocycles. The SMILES string of the molecule is CCCCCCN1N=CN(CC)C1C. The second kappa shape index (κ2) is 5.89. The number of hydrogen-bond donors (Lipinski definition) is 0. The van der Waals surface area contributed by atoms with Gasteiger partial charge in [-0.3, -0.25) is 5.01 Å². The molecule has 14 heavy (non-hydrogen) atoms. The second-order valence-electron chi connectivity index (χ2n) is 3.92. The third kappa shape index (κ3) is 2.89. The molecule has 0 aromatic rings. The van der Waals surface area contributed by atoms with E-state index >= 15 is 0 Å². The van der Waals surface area contributed by atoms with Crippen LogP contribution in [0.15, 0.2) is 5.10 Å². The van der Waals surface area contributed by atoms with Crippen molar-refractivity contribution in [3.63, 3.8) is 0 Å². The molecule has 0 aromatic carbocycles. The molecule has 1 rings (SSSR count). The van der Waals surface area contributed by atoms with Gasteiger partial charge in [-0.1, -0.05) is 26.2 Å². The first-order valence-electron chi connectivity index (χ1n) is 5.86. The molecule has 0 radical (unpaired) electrons. The van der Waals surface area contributed by atoms with Gasteiger partial charge < -0.3 is 4.90 Å². The van der Waals surface area contributed by atoms with E-state index in [1.165, 1.54) is 25.7 Å². The molecule has 0 bridgehead atoms. The molecular weight excluding hydrogens is 174 g/mol. The van der Waals surface area contributed by atoms with Crippen LogP contribution in [0.5, 0.6) is 0 Å². The van der Waals surface area contributed by atoms with Crippen LogP contribution in [0, 0.1) is 0 Å². The molecule has 0 spiro atoms. The van der Waals surface area contributed by atoms with Gasteiger partial charge in [0.2, 0.25) is 0 Å². The Kier molecular flexibility index (Phi) is 4.77. The zero-order valence-electron chi connectivity index (χ0n) is 9.74. The normalized spacial score (nSPS) is 20.9. The van der Waals surface area contributed by atoms with Gasteiger partial charge in [0, 0.05) is 13.1 Å². The van der Waals surface area contributed by atoms with Crippen LogP contribution < -0.4 is 0 Å². The lowest BCUT2D eigenvalue weighted by Gasteiger charge is -2.26. The van der Waals surface area contributed by atoms with E-state index in [4.69, 9.17) is 0 Å². The molecule has 1 atom stereocenters. The summed E-state index contributed by atoms with van der Waals surface area (Å²) in [5.74, 6) is 0. The van der Waals surface area contributed by atoms with Gasteiger partial charge >= 0.3 is 0 Å². The quantitative estimate of drug-likeness (QED) is 0.609. The Balaban J connectivity index is 2.17. The molecule has 0 N–H and O–H groups in total. The van der Waals surface area contributed by atoms with E-state index in [2.05, 4.69) is 35.8 Å². The maximum atomic E-state index is 4.40. The molecule has 0 aliphatic carbocycles. The second-order valence-corrected chi connectivity index (χ2v) is 3.92. The fourth-order valence-corrected chi connectivity index (χ4v) is 1.79.